The standard InChI is InChI=1S/C16H15FN2O/c1-10-13-8-12(17)4-5-15(13)20-16(10)14(18)7-11-3-2-6-19-9-11/h2-6,8-9,14H,7,18H2,1H3. The van der Waals surface area contributed by atoms with E-state index >= 15 is 0 Å². The van der Waals surface area contributed by atoms with Gasteiger partial charge in [-0.05, 0) is 43.2 Å². The van der Waals surface area contributed by atoms with Gasteiger partial charge in [-0.2, -0.15) is 0 Å². The maximum absolute atomic E-state index is 13.3. The number of pyridine rings is 1. The summed E-state index contributed by atoms with van der Waals surface area (Å²) in [7, 11) is 0. The van der Waals surface area contributed by atoms with Gasteiger partial charge in [0.2, 0.25) is 0 Å². The lowest BCUT2D eigenvalue weighted by Gasteiger charge is -2.09. The first-order valence-corrected chi connectivity index (χ1v) is 6.48. The zero-order chi connectivity index (χ0) is 14.1. The fourth-order valence-corrected chi connectivity index (χ4v) is 2.43. The van der Waals surface area contributed by atoms with Gasteiger partial charge in [0, 0.05) is 23.3 Å². The van der Waals surface area contributed by atoms with Crippen LogP contribution in [0.4, 0.5) is 4.39 Å². The minimum absolute atomic E-state index is 0.269. The summed E-state index contributed by atoms with van der Waals surface area (Å²) in [6, 6.07) is 8.09. The minimum atomic E-state index is -0.270. The highest BCUT2D eigenvalue weighted by Crippen LogP contribution is 2.30. The maximum Gasteiger partial charge on any atom is 0.134 e. The van der Waals surface area contributed by atoms with Crippen LogP contribution in [-0.2, 0) is 6.42 Å². The van der Waals surface area contributed by atoms with Crippen LogP contribution < -0.4 is 5.73 Å². The molecule has 0 aliphatic carbocycles. The van der Waals surface area contributed by atoms with Crippen LogP contribution in [0.3, 0.4) is 0 Å². The van der Waals surface area contributed by atoms with Crippen molar-refractivity contribution in [2.24, 2.45) is 5.73 Å². The van der Waals surface area contributed by atoms with Crippen LogP contribution in [0.25, 0.3) is 11.0 Å². The Morgan fingerprint density at radius 2 is 2.20 bits per heavy atom. The van der Waals surface area contributed by atoms with Crippen molar-refractivity contribution in [2.75, 3.05) is 0 Å². The van der Waals surface area contributed by atoms with Crippen LogP contribution in [0.2, 0.25) is 0 Å². The molecule has 102 valence electrons. The number of aromatic nitrogens is 1. The second-order valence-corrected chi connectivity index (χ2v) is 4.90. The van der Waals surface area contributed by atoms with Crippen LogP contribution in [0.1, 0.15) is 22.9 Å². The number of aryl methyl sites for hydroxylation is 1. The first-order chi connectivity index (χ1) is 9.65. The number of fused-ring (bicyclic) bond motifs is 1. The van der Waals surface area contributed by atoms with Gasteiger partial charge in [-0.1, -0.05) is 6.07 Å². The van der Waals surface area contributed by atoms with E-state index in [9.17, 15) is 4.39 Å². The van der Waals surface area contributed by atoms with E-state index in [1.807, 2.05) is 19.1 Å². The van der Waals surface area contributed by atoms with Gasteiger partial charge in [-0.15, -0.1) is 0 Å². The third-order valence-corrected chi connectivity index (χ3v) is 3.45. The molecule has 0 spiro atoms. The molecule has 0 aliphatic rings. The summed E-state index contributed by atoms with van der Waals surface area (Å²) in [6.07, 6.45) is 4.15. The van der Waals surface area contributed by atoms with Gasteiger partial charge in [0.1, 0.15) is 17.2 Å². The number of hydrogen-bond donors (Lipinski definition) is 1. The van der Waals surface area contributed by atoms with Crippen LogP contribution in [0.15, 0.2) is 47.1 Å². The zero-order valence-corrected chi connectivity index (χ0v) is 11.1. The molecule has 1 unspecified atom stereocenters. The summed E-state index contributed by atoms with van der Waals surface area (Å²) in [5, 5.41) is 0.779. The summed E-state index contributed by atoms with van der Waals surface area (Å²) in [5.41, 5.74) is 8.83. The van der Waals surface area contributed by atoms with Crippen molar-refractivity contribution in [2.45, 2.75) is 19.4 Å². The second-order valence-electron chi connectivity index (χ2n) is 4.90. The average Bonchev–Trinajstić information content (AvgIpc) is 2.77. The van der Waals surface area contributed by atoms with Crippen LogP contribution >= 0.6 is 0 Å². The molecule has 3 aromatic rings. The Morgan fingerprint density at radius 1 is 1.35 bits per heavy atom. The lowest BCUT2D eigenvalue weighted by atomic mass is 10.0. The Kier molecular flexibility index (Phi) is 3.24. The van der Waals surface area contributed by atoms with Crippen LogP contribution in [0, 0.1) is 12.7 Å². The van der Waals surface area contributed by atoms with E-state index in [-0.39, 0.29) is 11.9 Å². The molecule has 0 amide bonds. The number of halogens is 1. The van der Waals surface area contributed by atoms with Crippen LogP contribution in [0.5, 0.6) is 0 Å². The SMILES string of the molecule is Cc1c(C(N)Cc2cccnc2)oc2ccc(F)cc12. The van der Waals surface area contributed by atoms with Gasteiger partial charge < -0.3 is 10.2 Å². The number of benzene rings is 1. The van der Waals surface area contributed by atoms with Gasteiger partial charge in [-0.3, -0.25) is 4.98 Å². The van der Waals surface area contributed by atoms with Gasteiger partial charge in [-0.25, -0.2) is 4.39 Å². The van der Waals surface area contributed by atoms with E-state index in [2.05, 4.69) is 4.98 Å². The number of furan rings is 1. The average molecular weight is 270 g/mol. The molecule has 3 rings (SSSR count). The van der Waals surface area contributed by atoms with Gasteiger partial charge in [0.25, 0.3) is 0 Å². The fourth-order valence-electron chi connectivity index (χ4n) is 2.43. The number of nitrogens with zero attached hydrogens (tertiary/aromatic N) is 1. The molecule has 0 fully saturated rings. The van der Waals surface area contributed by atoms with E-state index in [1.165, 1.54) is 12.1 Å². The summed E-state index contributed by atoms with van der Waals surface area (Å²) in [5.74, 6) is 0.434. The van der Waals surface area contributed by atoms with Crippen LogP contribution in [-0.4, -0.2) is 4.98 Å². The van der Waals surface area contributed by atoms with E-state index in [1.54, 1.807) is 18.5 Å². The molecule has 2 N–H and O–H groups in total. The Labute approximate surface area is 116 Å². The third-order valence-electron chi connectivity index (χ3n) is 3.45. The van der Waals surface area contributed by atoms with E-state index in [0.717, 1.165) is 16.5 Å². The topological polar surface area (TPSA) is 52.0 Å². The van der Waals surface area contributed by atoms with Gasteiger partial charge in [0.05, 0.1) is 6.04 Å². The molecule has 1 atom stereocenters. The maximum atomic E-state index is 13.3. The predicted molar refractivity (Wildman–Crippen MR) is 75.8 cm³/mol. The monoisotopic (exact) mass is 270 g/mol. The first kappa shape index (κ1) is 12.8. The Balaban J connectivity index is 1.95. The van der Waals surface area contributed by atoms with Gasteiger partial charge in [0.15, 0.2) is 0 Å². The van der Waals surface area contributed by atoms with Crippen molar-refractivity contribution in [3.05, 3.63) is 65.4 Å². The van der Waals surface area contributed by atoms with Gasteiger partial charge >= 0.3 is 0 Å². The third kappa shape index (κ3) is 2.30. The first-order valence-electron chi connectivity index (χ1n) is 6.48. The molecule has 0 bridgehead atoms. The lowest BCUT2D eigenvalue weighted by Crippen LogP contribution is -2.13. The number of rotatable bonds is 3. The second kappa shape index (κ2) is 5.06. The molecule has 0 saturated carbocycles. The predicted octanol–water partition coefficient (Wildman–Crippen LogP) is 3.52. The normalized spacial score (nSPS) is 12.8. The Morgan fingerprint density at radius 3 is 2.95 bits per heavy atom. The van der Waals surface area contributed by atoms with Crippen molar-refractivity contribution in [3.8, 4) is 0 Å². The highest BCUT2D eigenvalue weighted by molar-refractivity contribution is 5.82. The molecule has 0 saturated heterocycles. The molecular formula is C16H15FN2O. The Hall–Kier alpha value is -2.20. The van der Waals surface area contributed by atoms with Crippen molar-refractivity contribution in [3.63, 3.8) is 0 Å². The molecule has 2 heterocycles. The van der Waals surface area contributed by atoms with Crippen molar-refractivity contribution in [1.29, 1.82) is 0 Å². The molecule has 20 heavy (non-hydrogen) atoms. The minimum Gasteiger partial charge on any atom is -0.459 e. The summed E-state index contributed by atoms with van der Waals surface area (Å²) in [6.45, 7) is 1.91. The van der Waals surface area contributed by atoms with Crippen molar-refractivity contribution < 1.29 is 8.81 Å². The van der Waals surface area contributed by atoms with E-state index in [0.29, 0.717) is 17.8 Å². The van der Waals surface area contributed by atoms with E-state index < -0.39 is 0 Å². The molecule has 0 aliphatic heterocycles. The molecule has 2 aromatic heterocycles. The highest BCUT2D eigenvalue weighted by atomic mass is 19.1. The number of nitrogens with two attached hydrogens (primary N) is 1. The highest BCUT2D eigenvalue weighted by Gasteiger charge is 2.17. The molecular weight excluding hydrogens is 255 g/mol. The van der Waals surface area contributed by atoms with Crippen molar-refractivity contribution >= 4 is 11.0 Å². The molecule has 3 nitrogen and oxygen atoms in total. The summed E-state index contributed by atoms with van der Waals surface area (Å²) >= 11 is 0. The quantitative estimate of drug-likeness (QED) is 0.792. The molecule has 0 radical (unpaired) electrons. The lowest BCUT2D eigenvalue weighted by molar-refractivity contribution is 0.489. The smallest absolute Gasteiger partial charge is 0.134 e. The fraction of sp³-hybridized carbons (Fsp3) is 0.188. The van der Waals surface area contributed by atoms with Crippen molar-refractivity contribution in [1.82, 2.24) is 4.98 Å². The largest absolute Gasteiger partial charge is 0.459 e. The summed E-state index contributed by atoms with van der Waals surface area (Å²) in [4.78, 5) is 4.07. The molecule has 4 heteroatoms. The summed E-state index contributed by atoms with van der Waals surface area (Å²) < 4.78 is 19.1. The molecule has 1 aromatic carbocycles. The van der Waals surface area contributed by atoms with E-state index in [4.69, 9.17) is 10.2 Å². The Bertz CT molecular complexity index is 737. The zero-order valence-electron chi connectivity index (χ0n) is 11.1. The number of hydrogen-bond acceptors (Lipinski definition) is 3.